The molecule has 9 heteroatoms. The van der Waals surface area contributed by atoms with Gasteiger partial charge in [-0.25, -0.2) is 9.97 Å². The smallest absolute Gasteiger partial charge is 0.270 e. The van der Waals surface area contributed by atoms with Crippen LogP contribution >= 0.6 is 0 Å². The average Bonchev–Trinajstić information content (AvgIpc) is 3.39. The van der Waals surface area contributed by atoms with E-state index in [9.17, 15) is 4.79 Å². The highest BCUT2D eigenvalue weighted by Crippen LogP contribution is 2.34. The highest BCUT2D eigenvalue weighted by molar-refractivity contribution is 5.97. The van der Waals surface area contributed by atoms with Crippen LogP contribution in [0.5, 0.6) is 0 Å². The van der Waals surface area contributed by atoms with E-state index in [1.54, 1.807) is 31.4 Å². The summed E-state index contributed by atoms with van der Waals surface area (Å²) in [6.07, 6.45) is 7.96. The SMILES string of the molecule is CN(C)C(=O)c1cc2cnc(Nc3ccc(NCCN)cn3)nc2n1C1CCCC1. The van der Waals surface area contributed by atoms with Crippen LogP contribution in [0.2, 0.25) is 0 Å². The molecule has 0 spiro atoms. The predicted octanol–water partition coefficient (Wildman–Crippen LogP) is 2.76. The number of fused-ring (bicyclic) bond motifs is 1. The summed E-state index contributed by atoms with van der Waals surface area (Å²) >= 11 is 0. The number of carbonyl (C=O) groups is 1. The fraction of sp³-hybridized carbons (Fsp3) is 0.429. The Morgan fingerprint density at radius 1 is 1.23 bits per heavy atom. The summed E-state index contributed by atoms with van der Waals surface area (Å²) in [5, 5.41) is 7.22. The number of amides is 1. The lowest BCUT2D eigenvalue weighted by molar-refractivity contribution is 0.0815. The molecule has 0 radical (unpaired) electrons. The van der Waals surface area contributed by atoms with Gasteiger partial charge in [0, 0.05) is 44.8 Å². The molecule has 158 valence electrons. The lowest BCUT2D eigenvalue weighted by Gasteiger charge is -2.19. The van der Waals surface area contributed by atoms with E-state index in [2.05, 4.69) is 25.2 Å². The van der Waals surface area contributed by atoms with Gasteiger partial charge in [0.15, 0.2) is 0 Å². The first kappa shape index (κ1) is 20.1. The second-order valence-corrected chi connectivity index (χ2v) is 7.78. The molecule has 0 bridgehead atoms. The van der Waals surface area contributed by atoms with Crippen molar-refractivity contribution in [1.29, 1.82) is 0 Å². The number of hydrogen-bond acceptors (Lipinski definition) is 7. The topological polar surface area (TPSA) is 114 Å². The monoisotopic (exact) mass is 408 g/mol. The maximum Gasteiger partial charge on any atom is 0.270 e. The Kier molecular flexibility index (Phi) is 5.80. The van der Waals surface area contributed by atoms with Crippen LogP contribution in [0.1, 0.15) is 42.2 Å². The first-order valence-corrected chi connectivity index (χ1v) is 10.3. The van der Waals surface area contributed by atoms with E-state index in [0.29, 0.717) is 30.5 Å². The standard InChI is InChI=1S/C21H28N8O/c1-28(2)20(30)17-11-14-12-25-21(27-19(14)29(17)16-5-3-4-6-16)26-18-8-7-15(13-24-18)23-10-9-22/h7-8,11-13,16,23H,3-6,9-10,22H2,1-2H3,(H,24,25,26,27). The first-order chi connectivity index (χ1) is 14.6. The molecule has 3 aromatic rings. The van der Waals surface area contributed by atoms with Gasteiger partial charge in [0.1, 0.15) is 17.2 Å². The van der Waals surface area contributed by atoms with E-state index >= 15 is 0 Å². The van der Waals surface area contributed by atoms with Crippen LogP contribution < -0.4 is 16.4 Å². The van der Waals surface area contributed by atoms with Crippen LogP contribution in [0, 0.1) is 0 Å². The number of aromatic nitrogens is 4. The zero-order valence-corrected chi connectivity index (χ0v) is 17.4. The lowest BCUT2D eigenvalue weighted by atomic mass is 10.2. The average molecular weight is 409 g/mol. The zero-order chi connectivity index (χ0) is 21.1. The quantitative estimate of drug-likeness (QED) is 0.551. The van der Waals surface area contributed by atoms with Crippen molar-refractivity contribution in [2.24, 2.45) is 5.73 Å². The van der Waals surface area contributed by atoms with Gasteiger partial charge in [0.2, 0.25) is 5.95 Å². The van der Waals surface area contributed by atoms with Crippen LogP contribution in [0.3, 0.4) is 0 Å². The third kappa shape index (κ3) is 4.06. The van der Waals surface area contributed by atoms with Crippen molar-refractivity contribution in [2.75, 3.05) is 37.8 Å². The molecule has 1 fully saturated rings. The molecule has 9 nitrogen and oxygen atoms in total. The van der Waals surface area contributed by atoms with Crippen molar-refractivity contribution < 1.29 is 4.79 Å². The number of nitrogens with zero attached hydrogens (tertiary/aromatic N) is 5. The van der Waals surface area contributed by atoms with Crippen LogP contribution in [0.4, 0.5) is 17.5 Å². The number of pyridine rings is 1. The third-order valence-corrected chi connectivity index (χ3v) is 5.37. The van der Waals surface area contributed by atoms with Gasteiger partial charge in [-0.2, -0.15) is 4.98 Å². The first-order valence-electron chi connectivity index (χ1n) is 10.3. The summed E-state index contributed by atoms with van der Waals surface area (Å²) in [5.41, 5.74) is 7.87. The molecule has 1 aliphatic carbocycles. The Morgan fingerprint density at radius 2 is 2.03 bits per heavy atom. The summed E-state index contributed by atoms with van der Waals surface area (Å²) in [7, 11) is 3.55. The van der Waals surface area contributed by atoms with Gasteiger partial charge >= 0.3 is 0 Å². The third-order valence-electron chi connectivity index (χ3n) is 5.37. The Bertz CT molecular complexity index is 1020. The maximum atomic E-state index is 12.8. The molecule has 1 amide bonds. The summed E-state index contributed by atoms with van der Waals surface area (Å²) < 4.78 is 2.10. The normalized spacial score (nSPS) is 14.2. The van der Waals surface area contributed by atoms with Crippen molar-refractivity contribution in [3.63, 3.8) is 0 Å². The molecular weight excluding hydrogens is 380 g/mol. The minimum absolute atomic E-state index is 0.0170. The molecule has 1 aliphatic rings. The molecule has 30 heavy (non-hydrogen) atoms. The fourth-order valence-corrected chi connectivity index (χ4v) is 3.90. The predicted molar refractivity (Wildman–Crippen MR) is 118 cm³/mol. The highest BCUT2D eigenvalue weighted by Gasteiger charge is 2.26. The van der Waals surface area contributed by atoms with E-state index in [4.69, 9.17) is 10.7 Å². The number of anilines is 3. The number of rotatable bonds is 7. The number of nitrogens with one attached hydrogen (secondary N) is 2. The van der Waals surface area contributed by atoms with Crippen molar-refractivity contribution in [1.82, 2.24) is 24.4 Å². The van der Waals surface area contributed by atoms with Crippen molar-refractivity contribution >= 4 is 34.4 Å². The summed E-state index contributed by atoms with van der Waals surface area (Å²) in [6.45, 7) is 1.26. The molecule has 0 aromatic carbocycles. The van der Waals surface area contributed by atoms with Gasteiger partial charge in [0.05, 0.1) is 11.9 Å². The molecule has 1 saturated carbocycles. The maximum absolute atomic E-state index is 12.8. The Balaban J connectivity index is 1.65. The van der Waals surface area contributed by atoms with Crippen LogP contribution in [-0.4, -0.2) is 57.5 Å². The number of hydrogen-bond donors (Lipinski definition) is 3. The molecule has 4 N–H and O–H groups in total. The van der Waals surface area contributed by atoms with Crippen LogP contribution in [0.25, 0.3) is 11.0 Å². The van der Waals surface area contributed by atoms with Gasteiger partial charge in [-0.3, -0.25) is 4.79 Å². The largest absolute Gasteiger partial charge is 0.383 e. The van der Waals surface area contributed by atoms with E-state index < -0.39 is 0 Å². The minimum Gasteiger partial charge on any atom is -0.383 e. The molecule has 3 heterocycles. The molecule has 0 saturated heterocycles. The van der Waals surface area contributed by atoms with Crippen LogP contribution in [0.15, 0.2) is 30.6 Å². The van der Waals surface area contributed by atoms with Gasteiger partial charge in [-0.05, 0) is 31.0 Å². The van der Waals surface area contributed by atoms with Gasteiger partial charge in [-0.15, -0.1) is 0 Å². The minimum atomic E-state index is -0.0170. The highest BCUT2D eigenvalue weighted by atomic mass is 16.2. The molecule has 0 atom stereocenters. The zero-order valence-electron chi connectivity index (χ0n) is 17.4. The molecular formula is C21H28N8O. The van der Waals surface area contributed by atoms with Gasteiger partial charge in [0.25, 0.3) is 5.91 Å². The molecule has 4 rings (SSSR count). The van der Waals surface area contributed by atoms with E-state index in [1.807, 2.05) is 18.2 Å². The van der Waals surface area contributed by atoms with E-state index in [-0.39, 0.29) is 11.9 Å². The lowest BCUT2D eigenvalue weighted by Crippen LogP contribution is -2.25. The fourth-order valence-electron chi connectivity index (χ4n) is 3.90. The summed E-state index contributed by atoms with van der Waals surface area (Å²) in [6, 6.07) is 5.98. The van der Waals surface area contributed by atoms with Crippen molar-refractivity contribution in [3.05, 3.63) is 36.3 Å². The summed E-state index contributed by atoms with van der Waals surface area (Å²) in [4.78, 5) is 28.0. The van der Waals surface area contributed by atoms with Crippen molar-refractivity contribution in [2.45, 2.75) is 31.7 Å². The molecule has 3 aromatic heterocycles. The summed E-state index contributed by atoms with van der Waals surface area (Å²) in [5.74, 6) is 1.09. The second-order valence-electron chi connectivity index (χ2n) is 7.78. The molecule has 0 unspecified atom stereocenters. The Morgan fingerprint density at radius 3 is 2.70 bits per heavy atom. The van der Waals surface area contributed by atoms with E-state index in [1.165, 1.54) is 12.8 Å². The molecule has 0 aliphatic heterocycles. The number of nitrogens with two attached hydrogens (primary N) is 1. The Hall–Kier alpha value is -3.20. The number of carbonyl (C=O) groups excluding carboxylic acids is 1. The second kappa shape index (κ2) is 8.66. The Labute approximate surface area is 175 Å². The van der Waals surface area contributed by atoms with Gasteiger partial charge < -0.3 is 25.8 Å². The van der Waals surface area contributed by atoms with Gasteiger partial charge in [-0.1, -0.05) is 12.8 Å². The van der Waals surface area contributed by atoms with Crippen molar-refractivity contribution in [3.8, 4) is 0 Å². The van der Waals surface area contributed by atoms with Crippen LogP contribution in [-0.2, 0) is 0 Å². The van der Waals surface area contributed by atoms with E-state index in [0.717, 1.165) is 29.6 Å².